The summed E-state index contributed by atoms with van der Waals surface area (Å²) in [5, 5.41) is 5.74. The molecule has 0 bridgehead atoms. The number of benzene rings is 2. The van der Waals surface area contributed by atoms with Crippen molar-refractivity contribution in [1.29, 1.82) is 0 Å². The first-order chi connectivity index (χ1) is 14.0. The van der Waals surface area contributed by atoms with Gasteiger partial charge in [0.05, 0.1) is 0 Å². The molecule has 0 saturated carbocycles. The summed E-state index contributed by atoms with van der Waals surface area (Å²) < 4.78 is 0. The molecule has 0 radical (unpaired) electrons. The van der Waals surface area contributed by atoms with Crippen LogP contribution in [0.3, 0.4) is 0 Å². The van der Waals surface area contributed by atoms with Crippen molar-refractivity contribution >= 4 is 29.0 Å². The molecule has 148 valence electrons. The van der Waals surface area contributed by atoms with Crippen LogP contribution >= 0.6 is 12.2 Å². The molecule has 29 heavy (non-hydrogen) atoms. The molecule has 3 rings (SSSR count). The van der Waals surface area contributed by atoms with Crippen LogP contribution in [-0.2, 0) is 6.54 Å². The SMILES string of the molecule is NC(=S)c1cc(C(=O)NCC2=CCCC=C2)cc(C(=O)NCc2ccccc2)c1. The van der Waals surface area contributed by atoms with Crippen molar-refractivity contribution in [3.8, 4) is 0 Å². The minimum Gasteiger partial charge on any atom is -0.389 e. The Hall–Kier alpha value is -3.25. The molecule has 2 aromatic rings. The fourth-order valence-corrected chi connectivity index (χ4v) is 3.11. The van der Waals surface area contributed by atoms with Gasteiger partial charge in [0.1, 0.15) is 4.99 Å². The topological polar surface area (TPSA) is 84.2 Å². The van der Waals surface area contributed by atoms with Crippen molar-refractivity contribution in [2.75, 3.05) is 6.54 Å². The van der Waals surface area contributed by atoms with Crippen LogP contribution in [0.5, 0.6) is 0 Å². The second kappa shape index (κ2) is 9.80. The quantitative estimate of drug-likeness (QED) is 0.618. The number of carbonyl (C=O) groups is 2. The van der Waals surface area contributed by atoms with E-state index < -0.39 is 0 Å². The number of thiocarbonyl (C=S) groups is 1. The summed E-state index contributed by atoms with van der Waals surface area (Å²) >= 11 is 5.06. The third kappa shape index (κ3) is 5.86. The first kappa shape index (κ1) is 20.5. The predicted molar refractivity (Wildman–Crippen MR) is 119 cm³/mol. The number of rotatable bonds is 7. The summed E-state index contributed by atoms with van der Waals surface area (Å²) in [7, 11) is 0. The third-order valence-corrected chi connectivity index (χ3v) is 4.80. The molecular formula is C23H23N3O2S. The molecule has 1 aliphatic carbocycles. The van der Waals surface area contributed by atoms with Crippen molar-refractivity contribution in [1.82, 2.24) is 10.6 Å². The van der Waals surface area contributed by atoms with Gasteiger partial charge in [0.2, 0.25) is 0 Å². The van der Waals surface area contributed by atoms with Gasteiger partial charge in [-0.25, -0.2) is 0 Å². The molecule has 6 heteroatoms. The van der Waals surface area contributed by atoms with Crippen molar-refractivity contribution in [3.63, 3.8) is 0 Å². The third-order valence-electron chi connectivity index (χ3n) is 4.56. The summed E-state index contributed by atoms with van der Waals surface area (Å²) in [4.78, 5) is 25.4. The molecule has 0 saturated heterocycles. The maximum absolute atomic E-state index is 12.6. The average molecular weight is 406 g/mol. The van der Waals surface area contributed by atoms with Crippen LogP contribution in [0.4, 0.5) is 0 Å². The monoisotopic (exact) mass is 405 g/mol. The molecule has 0 spiro atoms. The lowest BCUT2D eigenvalue weighted by molar-refractivity contribution is 0.0951. The van der Waals surface area contributed by atoms with Crippen molar-refractivity contribution in [3.05, 3.63) is 94.6 Å². The van der Waals surface area contributed by atoms with Crippen molar-refractivity contribution in [2.24, 2.45) is 5.73 Å². The average Bonchev–Trinajstić information content (AvgIpc) is 2.76. The van der Waals surface area contributed by atoms with Crippen LogP contribution in [0.15, 0.2) is 72.3 Å². The minimum atomic E-state index is -0.293. The molecule has 5 nitrogen and oxygen atoms in total. The Kier molecular flexibility index (Phi) is 6.92. The van der Waals surface area contributed by atoms with Crippen LogP contribution < -0.4 is 16.4 Å². The summed E-state index contributed by atoms with van der Waals surface area (Å²) in [6.45, 7) is 0.821. The highest BCUT2D eigenvalue weighted by Crippen LogP contribution is 2.13. The van der Waals surface area contributed by atoms with E-state index in [1.807, 2.05) is 36.4 Å². The normalized spacial score (nSPS) is 12.8. The molecule has 0 heterocycles. The maximum atomic E-state index is 12.6. The van der Waals surface area contributed by atoms with Crippen molar-refractivity contribution < 1.29 is 9.59 Å². The van der Waals surface area contributed by atoms with Crippen LogP contribution in [0.2, 0.25) is 0 Å². The fourth-order valence-electron chi connectivity index (χ4n) is 3.00. The number of carbonyl (C=O) groups excluding carboxylic acids is 2. The Bertz CT molecular complexity index is 981. The van der Waals surface area contributed by atoms with Gasteiger partial charge >= 0.3 is 0 Å². The Morgan fingerprint density at radius 3 is 2.10 bits per heavy atom. The van der Waals surface area contributed by atoms with E-state index in [2.05, 4.69) is 22.8 Å². The van der Waals surface area contributed by atoms with E-state index in [9.17, 15) is 9.59 Å². The summed E-state index contributed by atoms with van der Waals surface area (Å²) in [6.07, 6.45) is 8.20. The van der Waals surface area contributed by atoms with Gasteiger partial charge in [-0.05, 0) is 42.2 Å². The van der Waals surface area contributed by atoms with Gasteiger partial charge < -0.3 is 16.4 Å². The number of hydrogen-bond donors (Lipinski definition) is 3. The van der Waals surface area contributed by atoms with E-state index in [1.165, 1.54) is 0 Å². The van der Waals surface area contributed by atoms with Gasteiger partial charge in [0.25, 0.3) is 11.8 Å². The zero-order chi connectivity index (χ0) is 20.6. The predicted octanol–water partition coefficient (Wildman–Crippen LogP) is 3.26. The Morgan fingerprint density at radius 1 is 0.897 bits per heavy atom. The number of hydrogen-bond acceptors (Lipinski definition) is 3. The highest BCUT2D eigenvalue weighted by Gasteiger charge is 2.14. The van der Waals surface area contributed by atoms with Gasteiger partial charge in [0, 0.05) is 29.8 Å². The maximum Gasteiger partial charge on any atom is 0.251 e. The minimum absolute atomic E-state index is 0.134. The Balaban J connectivity index is 1.73. The first-order valence-corrected chi connectivity index (χ1v) is 9.84. The zero-order valence-corrected chi connectivity index (χ0v) is 16.8. The van der Waals surface area contributed by atoms with Crippen LogP contribution in [0.1, 0.15) is 44.7 Å². The van der Waals surface area contributed by atoms with E-state index in [0.717, 1.165) is 24.0 Å². The molecule has 2 amide bonds. The van der Waals surface area contributed by atoms with Crippen molar-refractivity contribution in [2.45, 2.75) is 19.4 Å². The number of amides is 2. The molecule has 0 unspecified atom stereocenters. The van der Waals surface area contributed by atoms with E-state index >= 15 is 0 Å². The van der Waals surface area contributed by atoms with E-state index in [1.54, 1.807) is 18.2 Å². The van der Waals surface area contributed by atoms with Gasteiger partial charge in [-0.3, -0.25) is 9.59 Å². The summed E-state index contributed by atoms with van der Waals surface area (Å²) in [5.41, 5.74) is 8.98. The molecule has 4 N–H and O–H groups in total. The van der Waals surface area contributed by atoms with E-state index in [0.29, 0.717) is 29.8 Å². The van der Waals surface area contributed by atoms with Gasteiger partial charge in [-0.15, -0.1) is 0 Å². The largest absolute Gasteiger partial charge is 0.389 e. The summed E-state index contributed by atoms with van der Waals surface area (Å²) in [6, 6.07) is 14.4. The molecule has 1 aliphatic rings. The Labute approximate surface area is 175 Å². The first-order valence-electron chi connectivity index (χ1n) is 9.44. The molecule has 0 fully saturated rings. The second-order valence-electron chi connectivity index (χ2n) is 6.77. The zero-order valence-electron chi connectivity index (χ0n) is 16.0. The van der Waals surface area contributed by atoms with E-state index in [4.69, 9.17) is 18.0 Å². The van der Waals surface area contributed by atoms with Crippen LogP contribution in [0.25, 0.3) is 0 Å². The molecule has 0 aromatic heterocycles. The molecule has 0 atom stereocenters. The fraction of sp³-hybridized carbons (Fsp3) is 0.174. The number of allylic oxidation sites excluding steroid dienone is 2. The highest BCUT2D eigenvalue weighted by molar-refractivity contribution is 7.80. The van der Waals surface area contributed by atoms with E-state index in [-0.39, 0.29) is 16.8 Å². The van der Waals surface area contributed by atoms with Gasteiger partial charge in [-0.2, -0.15) is 0 Å². The van der Waals surface area contributed by atoms with Crippen LogP contribution in [0, 0.1) is 0 Å². The summed E-state index contributed by atoms with van der Waals surface area (Å²) in [5.74, 6) is -0.570. The highest BCUT2D eigenvalue weighted by atomic mass is 32.1. The molecule has 0 aliphatic heterocycles. The smallest absolute Gasteiger partial charge is 0.251 e. The van der Waals surface area contributed by atoms with Gasteiger partial charge in [0.15, 0.2) is 0 Å². The molecule has 2 aromatic carbocycles. The second-order valence-corrected chi connectivity index (χ2v) is 7.21. The van der Waals surface area contributed by atoms with Crippen LogP contribution in [-0.4, -0.2) is 23.3 Å². The van der Waals surface area contributed by atoms with Gasteiger partial charge in [-0.1, -0.05) is 60.8 Å². The lowest BCUT2D eigenvalue weighted by Crippen LogP contribution is -2.28. The lowest BCUT2D eigenvalue weighted by atomic mass is 10.0. The lowest BCUT2D eigenvalue weighted by Gasteiger charge is -2.12. The number of nitrogens with two attached hydrogens (primary N) is 1. The molecular weight excluding hydrogens is 382 g/mol. The Morgan fingerprint density at radius 2 is 1.52 bits per heavy atom. The number of nitrogens with one attached hydrogen (secondary N) is 2. The standard InChI is InChI=1S/C23H23N3O2S/c24-21(29)18-11-19(22(27)25-14-16-7-3-1-4-8-16)13-20(12-18)23(28)26-15-17-9-5-2-6-10-17/h1,3-5,7-13H,2,6,14-15H2,(H2,24,29)(H,25,27)(H,26,28).